The SMILES string of the molecule is O=[N+]([O-])c1ccccc1/C=N/Nc1ccc2ccccc2n1. The summed E-state index contributed by atoms with van der Waals surface area (Å²) in [6.45, 7) is 0. The number of nitrogens with zero attached hydrogens (tertiary/aromatic N) is 3. The van der Waals surface area contributed by atoms with Gasteiger partial charge in [-0.25, -0.2) is 4.98 Å². The third-order valence-electron chi connectivity index (χ3n) is 3.11. The van der Waals surface area contributed by atoms with Crippen molar-refractivity contribution < 1.29 is 4.92 Å². The van der Waals surface area contributed by atoms with Gasteiger partial charge in [0.1, 0.15) is 5.82 Å². The summed E-state index contributed by atoms with van der Waals surface area (Å²) in [5, 5.41) is 16.0. The number of nitro benzene ring substituents is 1. The number of nitrogens with one attached hydrogen (secondary N) is 1. The van der Waals surface area contributed by atoms with Crippen molar-refractivity contribution in [3.05, 3.63) is 76.3 Å². The van der Waals surface area contributed by atoms with Crippen LogP contribution in [0.2, 0.25) is 0 Å². The number of benzene rings is 2. The quantitative estimate of drug-likeness (QED) is 0.452. The number of hydrazone groups is 1. The minimum atomic E-state index is -0.435. The Labute approximate surface area is 126 Å². The van der Waals surface area contributed by atoms with Gasteiger partial charge in [-0.15, -0.1) is 0 Å². The highest BCUT2D eigenvalue weighted by Gasteiger charge is 2.09. The van der Waals surface area contributed by atoms with E-state index >= 15 is 0 Å². The van der Waals surface area contributed by atoms with Crippen LogP contribution < -0.4 is 5.43 Å². The first kappa shape index (κ1) is 13.7. The standard InChI is InChI=1S/C16H12N4O2/c21-20(22)15-8-4-2-6-13(15)11-17-19-16-10-9-12-5-1-3-7-14(12)18-16/h1-11H,(H,18,19)/b17-11+. The molecule has 22 heavy (non-hydrogen) atoms. The van der Waals surface area contributed by atoms with E-state index in [0.29, 0.717) is 11.4 Å². The number of rotatable bonds is 4. The lowest BCUT2D eigenvalue weighted by atomic mass is 10.2. The van der Waals surface area contributed by atoms with Crippen LogP contribution in [0.4, 0.5) is 11.5 Å². The summed E-state index contributed by atoms with van der Waals surface area (Å²) >= 11 is 0. The lowest BCUT2D eigenvalue weighted by Gasteiger charge is -2.02. The molecule has 0 saturated carbocycles. The number of para-hydroxylation sites is 2. The molecule has 3 rings (SSSR count). The maximum absolute atomic E-state index is 10.9. The average Bonchev–Trinajstić information content (AvgIpc) is 2.55. The second kappa shape index (κ2) is 6.01. The van der Waals surface area contributed by atoms with E-state index in [4.69, 9.17) is 0 Å². The minimum absolute atomic E-state index is 0.0134. The molecule has 0 spiro atoms. The summed E-state index contributed by atoms with van der Waals surface area (Å²) in [7, 11) is 0. The fourth-order valence-electron chi connectivity index (χ4n) is 2.06. The molecule has 0 bridgehead atoms. The van der Waals surface area contributed by atoms with Crippen LogP contribution in [-0.2, 0) is 0 Å². The highest BCUT2D eigenvalue weighted by molar-refractivity contribution is 5.86. The molecular formula is C16H12N4O2. The molecule has 0 saturated heterocycles. The summed E-state index contributed by atoms with van der Waals surface area (Å²) in [4.78, 5) is 14.9. The topological polar surface area (TPSA) is 80.4 Å². The van der Waals surface area contributed by atoms with Gasteiger partial charge in [-0.1, -0.05) is 30.3 Å². The Balaban J connectivity index is 1.80. The molecular weight excluding hydrogens is 280 g/mol. The van der Waals surface area contributed by atoms with E-state index in [1.165, 1.54) is 12.3 Å². The van der Waals surface area contributed by atoms with Crippen LogP contribution in [0.3, 0.4) is 0 Å². The first-order chi connectivity index (χ1) is 10.7. The fourth-order valence-corrected chi connectivity index (χ4v) is 2.06. The van der Waals surface area contributed by atoms with Gasteiger partial charge in [0.15, 0.2) is 0 Å². The molecule has 1 heterocycles. The molecule has 0 aliphatic heterocycles. The number of anilines is 1. The zero-order valence-electron chi connectivity index (χ0n) is 11.5. The molecule has 1 aromatic heterocycles. The Morgan fingerprint density at radius 2 is 1.82 bits per heavy atom. The predicted octanol–water partition coefficient (Wildman–Crippen LogP) is 3.59. The van der Waals surface area contributed by atoms with Crippen LogP contribution in [0.25, 0.3) is 10.9 Å². The van der Waals surface area contributed by atoms with Crippen LogP contribution in [-0.4, -0.2) is 16.1 Å². The van der Waals surface area contributed by atoms with Crippen molar-refractivity contribution in [2.24, 2.45) is 5.10 Å². The second-order valence-corrected chi connectivity index (χ2v) is 4.58. The van der Waals surface area contributed by atoms with Crippen molar-refractivity contribution in [1.29, 1.82) is 0 Å². The van der Waals surface area contributed by atoms with E-state index in [9.17, 15) is 10.1 Å². The first-order valence-corrected chi connectivity index (χ1v) is 6.62. The maximum atomic E-state index is 10.9. The Hall–Kier alpha value is -3.28. The molecule has 108 valence electrons. The van der Waals surface area contributed by atoms with Crippen LogP contribution in [0.5, 0.6) is 0 Å². The van der Waals surface area contributed by atoms with Crippen molar-refractivity contribution in [1.82, 2.24) is 4.98 Å². The molecule has 1 N–H and O–H groups in total. The average molecular weight is 292 g/mol. The molecule has 0 aliphatic rings. The number of nitro groups is 1. The van der Waals surface area contributed by atoms with Crippen molar-refractivity contribution in [3.63, 3.8) is 0 Å². The van der Waals surface area contributed by atoms with Crippen LogP contribution in [0.1, 0.15) is 5.56 Å². The normalized spacial score (nSPS) is 10.9. The summed E-state index contributed by atoms with van der Waals surface area (Å²) in [5.74, 6) is 0.577. The van der Waals surface area contributed by atoms with Gasteiger partial charge in [0.25, 0.3) is 5.69 Å². The summed E-state index contributed by atoms with van der Waals surface area (Å²) < 4.78 is 0. The second-order valence-electron chi connectivity index (χ2n) is 4.58. The van der Waals surface area contributed by atoms with Gasteiger partial charge in [0.2, 0.25) is 0 Å². The highest BCUT2D eigenvalue weighted by atomic mass is 16.6. The van der Waals surface area contributed by atoms with Gasteiger partial charge >= 0.3 is 0 Å². The van der Waals surface area contributed by atoms with Gasteiger partial charge in [-0.2, -0.15) is 5.10 Å². The van der Waals surface area contributed by atoms with Crippen LogP contribution in [0.15, 0.2) is 65.8 Å². The molecule has 0 unspecified atom stereocenters. The Kier molecular flexibility index (Phi) is 3.74. The number of pyridine rings is 1. The van der Waals surface area contributed by atoms with Gasteiger partial charge < -0.3 is 0 Å². The molecule has 0 aliphatic carbocycles. The zero-order valence-corrected chi connectivity index (χ0v) is 11.5. The summed E-state index contributed by atoms with van der Waals surface area (Å²) in [5.41, 5.74) is 4.09. The van der Waals surface area contributed by atoms with E-state index in [0.717, 1.165) is 10.9 Å². The van der Waals surface area contributed by atoms with Gasteiger partial charge in [0, 0.05) is 11.5 Å². The molecule has 2 aromatic carbocycles. The number of aromatic nitrogens is 1. The third-order valence-corrected chi connectivity index (χ3v) is 3.11. The number of hydrogen-bond donors (Lipinski definition) is 1. The van der Waals surface area contributed by atoms with E-state index < -0.39 is 4.92 Å². The summed E-state index contributed by atoms with van der Waals surface area (Å²) in [6, 6.07) is 17.9. The van der Waals surface area contributed by atoms with Gasteiger partial charge in [-0.05, 0) is 24.3 Å². The third kappa shape index (κ3) is 2.90. The number of fused-ring (bicyclic) bond motifs is 1. The first-order valence-electron chi connectivity index (χ1n) is 6.62. The lowest BCUT2D eigenvalue weighted by Crippen LogP contribution is -1.97. The van der Waals surface area contributed by atoms with E-state index in [-0.39, 0.29) is 5.69 Å². The zero-order chi connectivity index (χ0) is 15.4. The predicted molar refractivity (Wildman–Crippen MR) is 86.1 cm³/mol. The Bertz CT molecular complexity index is 861. The molecule has 0 amide bonds. The fraction of sp³-hybridized carbons (Fsp3) is 0. The Morgan fingerprint density at radius 3 is 2.68 bits per heavy atom. The highest BCUT2D eigenvalue weighted by Crippen LogP contribution is 2.16. The maximum Gasteiger partial charge on any atom is 0.278 e. The van der Waals surface area contributed by atoms with E-state index in [1.54, 1.807) is 24.3 Å². The molecule has 6 nitrogen and oxygen atoms in total. The molecule has 0 atom stereocenters. The molecule has 6 heteroatoms. The largest absolute Gasteiger partial charge is 0.278 e. The molecule has 0 fully saturated rings. The van der Waals surface area contributed by atoms with Crippen molar-refractivity contribution in [2.45, 2.75) is 0 Å². The van der Waals surface area contributed by atoms with Gasteiger partial charge in [0.05, 0.1) is 22.2 Å². The van der Waals surface area contributed by atoms with Crippen LogP contribution >= 0.6 is 0 Å². The Morgan fingerprint density at radius 1 is 1.05 bits per heavy atom. The van der Waals surface area contributed by atoms with Crippen LogP contribution in [0, 0.1) is 10.1 Å². The molecule has 0 radical (unpaired) electrons. The monoisotopic (exact) mass is 292 g/mol. The summed E-state index contributed by atoms with van der Waals surface area (Å²) in [6.07, 6.45) is 1.41. The van der Waals surface area contributed by atoms with E-state index in [1.807, 2.05) is 30.3 Å². The minimum Gasteiger partial charge on any atom is -0.261 e. The number of hydrogen-bond acceptors (Lipinski definition) is 5. The van der Waals surface area contributed by atoms with E-state index in [2.05, 4.69) is 15.5 Å². The van der Waals surface area contributed by atoms with Gasteiger partial charge in [-0.3, -0.25) is 15.5 Å². The smallest absolute Gasteiger partial charge is 0.261 e. The van der Waals surface area contributed by atoms with Crippen molar-refractivity contribution >= 4 is 28.6 Å². The van der Waals surface area contributed by atoms with Crippen molar-refractivity contribution in [3.8, 4) is 0 Å². The molecule has 3 aromatic rings. The lowest BCUT2D eigenvalue weighted by molar-refractivity contribution is -0.385. The van der Waals surface area contributed by atoms with Crippen molar-refractivity contribution in [2.75, 3.05) is 5.43 Å².